The molecule has 0 spiro atoms. The van der Waals surface area contributed by atoms with E-state index >= 15 is 0 Å². The predicted molar refractivity (Wildman–Crippen MR) is 78.7 cm³/mol. The third kappa shape index (κ3) is 5.26. The maximum absolute atomic E-state index is 12.0. The third-order valence-corrected chi connectivity index (χ3v) is 3.88. The van der Waals surface area contributed by atoms with Crippen molar-refractivity contribution in [2.75, 3.05) is 45.9 Å². The topological polar surface area (TPSA) is 87.9 Å². The van der Waals surface area contributed by atoms with Crippen molar-refractivity contribution in [3.8, 4) is 0 Å². The fourth-order valence-electron chi connectivity index (χ4n) is 2.75. The van der Waals surface area contributed by atoms with Gasteiger partial charge in [-0.15, -0.1) is 0 Å². The number of nitrogens with two attached hydrogens (primary N) is 1. The molecule has 0 aliphatic carbocycles. The number of morpholine rings is 1. The normalized spacial score (nSPS) is 25.1. The van der Waals surface area contributed by atoms with Crippen molar-refractivity contribution >= 4 is 11.8 Å². The molecule has 0 radical (unpaired) electrons. The molecule has 2 fully saturated rings. The quantitative estimate of drug-likeness (QED) is 0.641. The van der Waals surface area contributed by atoms with E-state index in [1.807, 2.05) is 4.90 Å². The zero-order valence-corrected chi connectivity index (χ0v) is 12.7. The second-order valence-electron chi connectivity index (χ2n) is 5.94. The van der Waals surface area contributed by atoms with E-state index in [0.717, 1.165) is 39.4 Å². The second-order valence-corrected chi connectivity index (χ2v) is 5.94. The lowest BCUT2D eigenvalue weighted by Crippen LogP contribution is -2.43. The molecule has 2 saturated heterocycles. The molecule has 0 aromatic rings. The summed E-state index contributed by atoms with van der Waals surface area (Å²) in [5.41, 5.74) is 5.60. The number of hydrogen-bond donors (Lipinski definition) is 2. The summed E-state index contributed by atoms with van der Waals surface area (Å²) in [5.74, 6) is 0.0483. The standard InChI is InChI=1S/C14H26N4O3/c1-11(15)8-13(19)16-12-9-14(20)18(10-12)3-2-17-4-6-21-7-5-17/h11-12H,2-10,15H2,1H3,(H,16,19). The van der Waals surface area contributed by atoms with Crippen molar-refractivity contribution < 1.29 is 14.3 Å². The Kier molecular flexibility index (Phi) is 5.96. The van der Waals surface area contributed by atoms with Crippen molar-refractivity contribution in [2.24, 2.45) is 5.73 Å². The molecule has 2 atom stereocenters. The maximum atomic E-state index is 12.0. The molecule has 0 bridgehead atoms. The number of amides is 2. The molecular formula is C14H26N4O3. The molecule has 7 heteroatoms. The summed E-state index contributed by atoms with van der Waals surface area (Å²) in [5, 5.41) is 2.89. The minimum absolute atomic E-state index is 0.0715. The van der Waals surface area contributed by atoms with Gasteiger partial charge in [-0.2, -0.15) is 0 Å². The molecule has 0 aromatic carbocycles. The molecule has 2 rings (SSSR count). The summed E-state index contributed by atoms with van der Waals surface area (Å²) in [7, 11) is 0. The van der Waals surface area contributed by atoms with Gasteiger partial charge in [0.15, 0.2) is 0 Å². The van der Waals surface area contributed by atoms with Gasteiger partial charge in [-0.1, -0.05) is 0 Å². The van der Waals surface area contributed by atoms with Crippen molar-refractivity contribution in [1.29, 1.82) is 0 Å². The fourth-order valence-corrected chi connectivity index (χ4v) is 2.75. The summed E-state index contributed by atoms with van der Waals surface area (Å²) in [6, 6.07) is -0.229. The number of rotatable bonds is 6. The van der Waals surface area contributed by atoms with Gasteiger partial charge >= 0.3 is 0 Å². The van der Waals surface area contributed by atoms with Crippen LogP contribution in [0.1, 0.15) is 19.8 Å². The smallest absolute Gasteiger partial charge is 0.224 e. The molecule has 0 aromatic heterocycles. The Morgan fingerprint density at radius 2 is 2.14 bits per heavy atom. The Morgan fingerprint density at radius 3 is 2.81 bits per heavy atom. The lowest BCUT2D eigenvalue weighted by atomic mass is 10.2. The van der Waals surface area contributed by atoms with Crippen LogP contribution in [0.5, 0.6) is 0 Å². The summed E-state index contributed by atoms with van der Waals surface area (Å²) in [6.45, 7) is 7.39. The molecule has 2 aliphatic rings. The van der Waals surface area contributed by atoms with Crippen molar-refractivity contribution in [3.63, 3.8) is 0 Å². The Bertz CT molecular complexity index is 369. The van der Waals surface area contributed by atoms with Crippen LogP contribution in [-0.4, -0.2) is 79.6 Å². The van der Waals surface area contributed by atoms with E-state index in [1.54, 1.807) is 6.92 Å². The molecule has 2 aliphatic heterocycles. The zero-order valence-electron chi connectivity index (χ0n) is 12.7. The van der Waals surface area contributed by atoms with Crippen molar-refractivity contribution in [3.05, 3.63) is 0 Å². The zero-order chi connectivity index (χ0) is 15.2. The first-order chi connectivity index (χ1) is 10.0. The van der Waals surface area contributed by atoms with Crippen molar-refractivity contribution in [2.45, 2.75) is 31.8 Å². The first kappa shape index (κ1) is 16.2. The van der Waals surface area contributed by atoms with Crippen LogP contribution in [0.2, 0.25) is 0 Å². The maximum Gasteiger partial charge on any atom is 0.224 e. The largest absolute Gasteiger partial charge is 0.379 e. The van der Waals surface area contributed by atoms with Crippen molar-refractivity contribution in [1.82, 2.24) is 15.1 Å². The minimum Gasteiger partial charge on any atom is -0.379 e. The van der Waals surface area contributed by atoms with Gasteiger partial charge in [-0.25, -0.2) is 0 Å². The van der Waals surface area contributed by atoms with Crippen LogP contribution in [0.3, 0.4) is 0 Å². The SMILES string of the molecule is CC(N)CC(=O)NC1CC(=O)N(CCN2CCOCC2)C1. The molecule has 2 heterocycles. The van der Waals surface area contributed by atoms with E-state index in [2.05, 4.69) is 10.2 Å². The number of likely N-dealkylation sites (tertiary alicyclic amines) is 1. The molecule has 7 nitrogen and oxygen atoms in total. The average Bonchev–Trinajstić information content (AvgIpc) is 2.76. The Labute approximate surface area is 125 Å². The van der Waals surface area contributed by atoms with E-state index < -0.39 is 0 Å². The van der Waals surface area contributed by atoms with Crippen LogP contribution in [0, 0.1) is 0 Å². The molecular weight excluding hydrogens is 272 g/mol. The summed E-state index contributed by atoms with van der Waals surface area (Å²) < 4.78 is 5.31. The highest BCUT2D eigenvalue weighted by atomic mass is 16.5. The number of ether oxygens (including phenoxy) is 1. The third-order valence-electron chi connectivity index (χ3n) is 3.88. The lowest BCUT2D eigenvalue weighted by molar-refractivity contribution is -0.128. The van der Waals surface area contributed by atoms with Gasteiger partial charge in [0.05, 0.1) is 19.3 Å². The molecule has 120 valence electrons. The van der Waals surface area contributed by atoms with Crippen LogP contribution >= 0.6 is 0 Å². The summed E-state index contributed by atoms with van der Waals surface area (Å²) in [4.78, 5) is 27.8. The first-order valence-corrected chi connectivity index (χ1v) is 7.67. The van der Waals surface area contributed by atoms with Gasteiger partial charge in [-0.05, 0) is 6.92 Å². The van der Waals surface area contributed by atoms with Gasteiger partial charge in [-0.3, -0.25) is 14.5 Å². The molecule has 3 N–H and O–H groups in total. The van der Waals surface area contributed by atoms with Gasteiger partial charge in [0, 0.05) is 51.6 Å². The van der Waals surface area contributed by atoms with Gasteiger partial charge in [0.25, 0.3) is 0 Å². The number of carbonyl (C=O) groups is 2. The van der Waals surface area contributed by atoms with Gasteiger partial charge < -0.3 is 20.7 Å². The van der Waals surface area contributed by atoms with Crippen LogP contribution in [0.15, 0.2) is 0 Å². The summed E-state index contributed by atoms with van der Waals surface area (Å²) in [6.07, 6.45) is 0.701. The number of hydrogen-bond acceptors (Lipinski definition) is 5. The first-order valence-electron chi connectivity index (χ1n) is 7.67. The van der Waals surface area contributed by atoms with E-state index in [4.69, 9.17) is 10.5 Å². The number of nitrogens with zero attached hydrogens (tertiary/aromatic N) is 2. The lowest BCUT2D eigenvalue weighted by Gasteiger charge is -2.28. The highest BCUT2D eigenvalue weighted by Gasteiger charge is 2.30. The average molecular weight is 298 g/mol. The number of carbonyl (C=O) groups excluding carboxylic acids is 2. The predicted octanol–water partition coefficient (Wildman–Crippen LogP) is -1.23. The summed E-state index contributed by atoms with van der Waals surface area (Å²) >= 11 is 0. The molecule has 0 saturated carbocycles. The minimum atomic E-state index is -0.153. The van der Waals surface area contributed by atoms with Crippen LogP contribution in [0.25, 0.3) is 0 Å². The van der Waals surface area contributed by atoms with E-state index in [1.165, 1.54) is 0 Å². The molecule has 2 unspecified atom stereocenters. The molecule has 21 heavy (non-hydrogen) atoms. The number of nitrogens with one attached hydrogen (secondary N) is 1. The van der Waals surface area contributed by atoms with Gasteiger partial charge in [0.2, 0.25) is 11.8 Å². The van der Waals surface area contributed by atoms with E-state index in [9.17, 15) is 9.59 Å². The van der Waals surface area contributed by atoms with E-state index in [-0.39, 0.29) is 23.9 Å². The van der Waals surface area contributed by atoms with Crippen LogP contribution in [0.4, 0.5) is 0 Å². The van der Waals surface area contributed by atoms with Crippen LogP contribution < -0.4 is 11.1 Å². The second kappa shape index (κ2) is 7.72. The highest BCUT2D eigenvalue weighted by molar-refractivity contribution is 5.82. The van der Waals surface area contributed by atoms with Gasteiger partial charge in [0.1, 0.15) is 0 Å². The van der Waals surface area contributed by atoms with E-state index in [0.29, 0.717) is 19.4 Å². The fraction of sp³-hybridized carbons (Fsp3) is 0.857. The Hall–Kier alpha value is -1.18. The molecule has 2 amide bonds. The monoisotopic (exact) mass is 298 g/mol. The highest BCUT2D eigenvalue weighted by Crippen LogP contribution is 2.11. The van der Waals surface area contributed by atoms with Crippen LogP contribution in [-0.2, 0) is 14.3 Å². The Balaban J connectivity index is 1.70. The Morgan fingerprint density at radius 1 is 1.43 bits per heavy atom.